The third-order valence-corrected chi connectivity index (χ3v) is 8.92. The SMILES string of the molecule is COC(CCCNC(=O)c1ccccc1O)C1CCC(CCN2CCN(c3cc(C)c(F)cc3Cl)CC2)CC1. The number of rotatable bonds is 11. The summed E-state index contributed by atoms with van der Waals surface area (Å²) in [6.07, 6.45) is 8.13. The number of aryl methyl sites for hydroxylation is 1. The lowest BCUT2D eigenvalue weighted by atomic mass is 9.77. The molecule has 1 saturated heterocycles. The van der Waals surface area contributed by atoms with Crippen molar-refractivity contribution in [1.29, 1.82) is 0 Å². The summed E-state index contributed by atoms with van der Waals surface area (Å²) >= 11 is 6.33. The van der Waals surface area contributed by atoms with Gasteiger partial charge in [-0.05, 0) is 87.2 Å². The molecule has 1 amide bonds. The monoisotopic (exact) mass is 559 g/mol. The van der Waals surface area contributed by atoms with Crippen LogP contribution in [0.3, 0.4) is 0 Å². The van der Waals surface area contributed by atoms with Crippen molar-refractivity contribution in [3.05, 3.63) is 58.4 Å². The second-order valence-corrected chi connectivity index (χ2v) is 11.5. The summed E-state index contributed by atoms with van der Waals surface area (Å²) in [5.41, 5.74) is 1.89. The number of nitrogens with zero attached hydrogens (tertiary/aromatic N) is 2. The van der Waals surface area contributed by atoms with Crippen molar-refractivity contribution in [2.75, 3.05) is 51.3 Å². The highest BCUT2D eigenvalue weighted by Gasteiger charge is 2.28. The molecule has 2 aromatic rings. The van der Waals surface area contributed by atoms with E-state index in [2.05, 4.69) is 15.1 Å². The van der Waals surface area contributed by atoms with Crippen molar-refractivity contribution in [3.63, 3.8) is 0 Å². The van der Waals surface area contributed by atoms with Crippen molar-refractivity contribution in [3.8, 4) is 5.75 Å². The van der Waals surface area contributed by atoms with E-state index in [4.69, 9.17) is 16.3 Å². The molecule has 1 atom stereocenters. The van der Waals surface area contributed by atoms with Crippen molar-refractivity contribution >= 4 is 23.2 Å². The van der Waals surface area contributed by atoms with Gasteiger partial charge in [0.25, 0.3) is 5.91 Å². The summed E-state index contributed by atoms with van der Waals surface area (Å²) in [4.78, 5) is 17.1. The highest BCUT2D eigenvalue weighted by molar-refractivity contribution is 6.33. The van der Waals surface area contributed by atoms with E-state index in [1.807, 2.05) is 6.07 Å². The molecule has 0 radical (unpaired) electrons. The van der Waals surface area contributed by atoms with Crippen LogP contribution in [0.4, 0.5) is 10.1 Å². The first-order chi connectivity index (χ1) is 18.9. The summed E-state index contributed by atoms with van der Waals surface area (Å²) in [5, 5.41) is 13.3. The molecule has 0 bridgehead atoms. The molecule has 1 aliphatic carbocycles. The maximum atomic E-state index is 13.8. The Morgan fingerprint density at radius 3 is 2.56 bits per heavy atom. The van der Waals surface area contributed by atoms with E-state index in [0.717, 1.165) is 57.2 Å². The number of benzene rings is 2. The van der Waals surface area contributed by atoms with Gasteiger partial charge in [-0.15, -0.1) is 0 Å². The standard InChI is InChI=1S/C31H43ClFN3O3/c1-22-20-28(26(32)21-27(22)33)36-18-16-35(17-19-36)15-13-23-9-11-24(12-10-23)30(39-2)8-5-14-34-31(38)25-6-3-4-7-29(25)37/h3-4,6-7,20-21,23-24,30,37H,5,8-19H2,1-2H3,(H,34,38). The quantitative estimate of drug-likeness (QED) is 0.329. The van der Waals surface area contributed by atoms with Crippen LogP contribution in [0.2, 0.25) is 5.02 Å². The number of methoxy groups -OCH3 is 1. The molecular weight excluding hydrogens is 517 g/mol. The van der Waals surface area contributed by atoms with E-state index in [9.17, 15) is 14.3 Å². The third kappa shape index (κ3) is 8.09. The van der Waals surface area contributed by atoms with Gasteiger partial charge in [0.2, 0.25) is 0 Å². The number of nitrogens with one attached hydrogen (secondary N) is 1. The van der Waals surface area contributed by atoms with Gasteiger partial charge in [0.15, 0.2) is 0 Å². The van der Waals surface area contributed by atoms with Crippen LogP contribution in [0.25, 0.3) is 0 Å². The number of hydrogen-bond acceptors (Lipinski definition) is 5. The molecule has 2 N–H and O–H groups in total. The molecule has 1 aliphatic heterocycles. The van der Waals surface area contributed by atoms with Gasteiger partial charge in [0.1, 0.15) is 11.6 Å². The average Bonchev–Trinajstić information content (AvgIpc) is 2.95. The Morgan fingerprint density at radius 1 is 1.15 bits per heavy atom. The van der Waals surface area contributed by atoms with Crippen LogP contribution < -0.4 is 10.2 Å². The van der Waals surface area contributed by atoms with Gasteiger partial charge in [-0.2, -0.15) is 0 Å². The number of anilines is 1. The topological polar surface area (TPSA) is 65.0 Å². The van der Waals surface area contributed by atoms with E-state index in [0.29, 0.717) is 28.6 Å². The van der Waals surface area contributed by atoms with Crippen LogP contribution >= 0.6 is 11.6 Å². The smallest absolute Gasteiger partial charge is 0.255 e. The number of phenolic OH excluding ortho intramolecular Hbond substituents is 1. The number of hydrogen-bond donors (Lipinski definition) is 2. The zero-order valence-corrected chi connectivity index (χ0v) is 24.1. The Balaban J connectivity index is 1.11. The zero-order valence-electron chi connectivity index (χ0n) is 23.3. The average molecular weight is 560 g/mol. The van der Waals surface area contributed by atoms with Crippen molar-refractivity contribution in [1.82, 2.24) is 10.2 Å². The number of carbonyl (C=O) groups excluding carboxylic acids is 1. The Morgan fingerprint density at radius 2 is 1.87 bits per heavy atom. The largest absolute Gasteiger partial charge is 0.507 e. The maximum Gasteiger partial charge on any atom is 0.255 e. The molecule has 6 nitrogen and oxygen atoms in total. The van der Waals surface area contributed by atoms with Crippen molar-refractivity contribution < 1.29 is 19.0 Å². The fourth-order valence-electron chi connectivity index (χ4n) is 6.12. The lowest BCUT2D eigenvalue weighted by molar-refractivity contribution is 0.0212. The molecule has 0 spiro atoms. The van der Waals surface area contributed by atoms with Gasteiger partial charge in [0.05, 0.1) is 22.4 Å². The lowest BCUT2D eigenvalue weighted by Gasteiger charge is -2.38. The van der Waals surface area contributed by atoms with Gasteiger partial charge in [-0.3, -0.25) is 9.69 Å². The number of aromatic hydroxyl groups is 1. The molecule has 2 aliphatic rings. The van der Waals surface area contributed by atoms with Gasteiger partial charge in [-0.1, -0.05) is 36.6 Å². The predicted octanol–water partition coefficient (Wildman–Crippen LogP) is 6.04. The molecule has 214 valence electrons. The van der Waals surface area contributed by atoms with E-state index in [1.165, 1.54) is 44.2 Å². The van der Waals surface area contributed by atoms with Crippen LogP contribution in [0, 0.1) is 24.6 Å². The molecule has 2 fully saturated rings. The molecule has 8 heteroatoms. The molecular formula is C31H43ClFN3O3. The molecule has 1 unspecified atom stereocenters. The Bertz CT molecular complexity index is 1080. The second kappa shape index (κ2) is 14.3. The highest BCUT2D eigenvalue weighted by atomic mass is 35.5. The molecule has 2 aromatic carbocycles. The normalized spacial score (nSPS) is 21.1. The number of halogens is 2. The van der Waals surface area contributed by atoms with Crippen molar-refractivity contribution in [2.45, 2.75) is 58.0 Å². The Hall–Kier alpha value is -2.35. The van der Waals surface area contributed by atoms with Gasteiger partial charge in [0, 0.05) is 39.8 Å². The van der Waals surface area contributed by atoms with E-state index in [-0.39, 0.29) is 23.6 Å². The van der Waals surface area contributed by atoms with Gasteiger partial charge in [-0.25, -0.2) is 4.39 Å². The lowest BCUT2D eigenvalue weighted by Crippen LogP contribution is -2.47. The predicted molar refractivity (Wildman–Crippen MR) is 155 cm³/mol. The molecule has 39 heavy (non-hydrogen) atoms. The summed E-state index contributed by atoms with van der Waals surface area (Å²) in [6.45, 7) is 7.34. The number of piperazine rings is 1. The van der Waals surface area contributed by atoms with Crippen LogP contribution in [0.5, 0.6) is 5.75 Å². The van der Waals surface area contributed by atoms with Crippen LogP contribution in [0.1, 0.15) is 60.9 Å². The fraction of sp³-hybridized carbons (Fsp3) is 0.581. The number of ether oxygens (including phenoxy) is 1. The fourth-order valence-corrected chi connectivity index (χ4v) is 6.39. The minimum absolute atomic E-state index is 0.00812. The molecule has 1 heterocycles. The minimum Gasteiger partial charge on any atom is -0.507 e. The number of para-hydroxylation sites is 1. The van der Waals surface area contributed by atoms with Gasteiger partial charge >= 0.3 is 0 Å². The maximum absolute atomic E-state index is 13.8. The number of phenols is 1. The second-order valence-electron chi connectivity index (χ2n) is 11.1. The Labute approximate surface area is 237 Å². The van der Waals surface area contributed by atoms with Crippen LogP contribution in [0.15, 0.2) is 36.4 Å². The van der Waals surface area contributed by atoms with Crippen molar-refractivity contribution in [2.24, 2.45) is 11.8 Å². The van der Waals surface area contributed by atoms with Crippen LogP contribution in [-0.4, -0.2) is 68.4 Å². The first-order valence-corrected chi connectivity index (χ1v) is 14.8. The summed E-state index contributed by atoms with van der Waals surface area (Å²) < 4.78 is 19.6. The summed E-state index contributed by atoms with van der Waals surface area (Å²) in [7, 11) is 1.80. The highest BCUT2D eigenvalue weighted by Crippen LogP contribution is 2.35. The van der Waals surface area contributed by atoms with Crippen LogP contribution in [-0.2, 0) is 4.74 Å². The first-order valence-electron chi connectivity index (χ1n) is 14.4. The van der Waals surface area contributed by atoms with E-state index in [1.54, 1.807) is 32.2 Å². The minimum atomic E-state index is -0.247. The molecule has 4 rings (SSSR count). The number of carbonyl (C=O) groups is 1. The molecule has 1 saturated carbocycles. The first kappa shape index (κ1) is 29.6. The Kier molecular flexibility index (Phi) is 10.9. The third-order valence-electron chi connectivity index (χ3n) is 8.61. The zero-order chi connectivity index (χ0) is 27.8. The van der Waals surface area contributed by atoms with E-state index < -0.39 is 0 Å². The number of amides is 1. The summed E-state index contributed by atoms with van der Waals surface area (Å²) in [5.74, 6) is 0.867. The molecule has 0 aromatic heterocycles. The van der Waals surface area contributed by atoms with E-state index >= 15 is 0 Å². The summed E-state index contributed by atoms with van der Waals surface area (Å²) in [6, 6.07) is 9.91. The van der Waals surface area contributed by atoms with Gasteiger partial charge < -0.3 is 20.1 Å².